The van der Waals surface area contributed by atoms with Crippen LogP contribution in [0.25, 0.3) is 0 Å². The number of nitrogens with zero attached hydrogens (tertiary/aromatic N) is 1. The van der Waals surface area contributed by atoms with Crippen LogP contribution in [0, 0.1) is 6.92 Å². The van der Waals surface area contributed by atoms with Crippen LogP contribution in [-0.2, 0) is 13.1 Å². The van der Waals surface area contributed by atoms with Crippen molar-refractivity contribution in [1.82, 2.24) is 10.2 Å². The molecule has 0 aliphatic carbocycles. The molecule has 2 aromatic carbocycles. The van der Waals surface area contributed by atoms with Crippen LogP contribution in [0.5, 0.6) is 0 Å². The highest BCUT2D eigenvalue weighted by molar-refractivity contribution is 5.74. The minimum absolute atomic E-state index is 0.177. The number of nitrogens with one attached hydrogen (secondary N) is 1. The zero-order valence-corrected chi connectivity index (χ0v) is 14.6. The number of rotatable bonds is 6. The normalized spacial score (nSPS) is 11.2. The van der Waals surface area contributed by atoms with Gasteiger partial charge in [-0.25, -0.2) is 4.79 Å². The Morgan fingerprint density at radius 1 is 1.08 bits per heavy atom. The lowest BCUT2D eigenvalue weighted by Gasteiger charge is -2.29. The molecule has 0 radical (unpaired) electrons. The first kappa shape index (κ1) is 18.0. The molecule has 0 atom stereocenters. The maximum atomic E-state index is 12.6. The minimum atomic E-state index is -0.950. The van der Waals surface area contributed by atoms with Gasteiger partial charge in [0.15, 0.2) is 0 Å². The smallest absolute Gasteiger partial charge is 0.318 e. The molecule has 0 aromatic heterocycles. The van der Waals surface area contributed by atoms with Gasteiger partial charge in [-0.2, -0.15) is 0 Å². The van der Waals surface area contributed by atoms with Gasteiger partial charge in [-0.15, -0.1) is 0 Å². The number of urea groups is 1. The van der Waals surface area contributed by atoms with Gasteiger partial charge in [0.2, 0.25) is 0 Å². The van der Waals surface area contributed by atoms with Crippen molar-refractivity contribution in [3.8, 4) is 0 Å². The fourth-order valence-electron chi connectivity index (χ4n) is 2.56. The molecule has 0 bridgehead atoms. The van der Waals surface area contributed by atoms with Crippen molar-refractivity contribution in [2.75, 3.05) is 6.54 Å². The molecule has 0 fully saturated rings. The van der Waals surface area contributed by atoms with Crippen molar-refractivity contribution in [3.63, 3.8) is 0 Å². The van der Waals surface area contributed by atoms with Crippen molar-refractivity contribution in [1.29, 1.82) is 0 Å². The predicted molar refractivity (Wildman–Crippen MR) is 96.6 cm³/mol. The molecule has 128 valence electrons. The molecule has 4 nitrogen and oxygen atoms in total. The van der Waals surface area contributed by atoms with Crippen molar-refractivity contribution in [2.24, 2.45) is 0 Å². The van der Waals surface area contributed by atoms with E-state index in [2.05, 4.69) is 5.32 Å². The van der Waals surface area contributed by atoms with Crippen molar-refractivity contribution in [3.05, 3.63) is 71.3 Å². The topological polar surface area (TPSA) is 52.6 Å². The standard InChI is InChI=1S/C20H26N2O2/c1-16-9-7-8-12-18(16)13-21-19(23)22(15-20(2,3)24)14-17-10-5-4-6-11-17/h4-12,24H,13-15H2,1-3H3,(H,21,23). The molecule has 0 unspecified atom stereocenters. The molecule has 0 aliphatic rings. The molecule has 2 aromatic rings. The quantitative estimate of drug-likeness (QED) is 0.854. The maximum absolute atomic E-state index is 12.6. The summed E-state index contributed by atoms with van der Waals surface area (Å²) in [5, 5.41) is 13.1. The second kappa shape index (κ2) is 7.97. The lowest BCUT2D eigenvalue weighted by molar-refractivity contribution is 0.0446. The first-order chi connectivity index (χ1) is 11.3. The third kappa shape index (κ3) is 5.70. The van der Waals surface area contributed by atoms with Crippen molar-refractivity contribution in [2.45, 2.75) is 39.5 Å². The van der Waals surface area contributed by atoms with E-state index in [0.29, 0.717) is 13.1 Å². The van der Waals surface area contributed by atoms with Crippen LogP contribution in [0.3, 0.4) is 0 Å². The van der Waals surface area contributed by atoms with Crippen LogP contribution >= 0.6 is 0 Å². The molecule has 2 rings (SSSR count). The van der Waals surface area contributed by atoms with Gasteiger partial charge in [0, 0.05) is 13.1 Å². The number of aryl methyl sites for hydroxylation is 1. The number of benzene rings is 2. The largest absolute Gasteiger partial charge is 0.389 e. The van der Waals surface area contributed by atoms with E-state index in [1.54, 1.807) is 18.7 Å². The van der Waals surface area contributed by atoms with Gasteiger partial charge in [-0.05, 0) is 37.5 Å². The third-order valence-corrected chi connectivity index (χ3v) is 3.77. The van der Waals surface area contributed by atoms with Crippen molar-refractivity contribution >= 4 is 6.03 Å². The number of hydrogen-bond acceptors (Lipinski definition) is 2. The molecule has 0 saturated heterocycles. The third-order valence-electron chi connectivity index (χ3n) is 3.77. The average molecular weight is 326 g/mol. The highest BCUT2D eigenvalue weighted by Gasteiger charge is 2.22. The molecule has 0 aliphatic heterocycles. The molecule has 0 spiro atoms. The van der Waals surface area contributed by atoms with Gasteiger partial charge < -0.3 is 15.3 Å². The first-order valence-corrected chi connectivity index (χ1v) is 8.19. The average Bonchev–Trinajstić information content (AvgIpc) is 2.53. The number of aliphatic hydroxyl groups is 1. The lowest BCUT2D eigenvalue weighted by atomic mass is 10.1. The Kier molecular flexibility index (Phi) is 5.99. The summed E-state index contributed by atoms with van der Waals surface area (Å²) in [6.07, 6.45) is 0. The Bertz CT molecular complexity index is 663. The van der Waals surface area contributed by atoms with E-state index in [0.717, 1.165) is 16.7 Å². The van der Waals surface area contributed by atoms with E-state index in [1.165, 1.54) is 0 Å². The highest BCUT2D eigenvalue weighted by atomic mass is 16.3. The SMILES string of the molecule is Cc1ccccc1CNC(=O)N(Cc1ccccc1)CC(C)(C)O. The predicted octanol–water partition coefficient (Wildman–Crippen LogP) is 3.48. The molecule has 2 amide bonds. The second-order valence-electron chi connectivity index (χ2n) is 6.74. The molecule has 24 heavy (non-hydrogen) atoms. The summed E-state index contributed by atoms with van der Waals surface area (Å²) in [6, 6.07) is 17.6. The van der Waals surface area contributed by atoms with Crippen LogP contribution in [-0.4, -0.2) is 28.2 Å². The Balaban J connectivity index is 2.05. The molecule has 0 heterocycles. The molecule has 4 heteroatoms. The Hall–Kier alpha value is -2.33. The molecular formula is C20H26N2O2. The van der Waals surface area contributed by atoms with Gasteiger partial charge in [-0.1, -0.05) is 54.6 Å². The summed E-state index contributed by atoms with van der Waals surface area (Å²) in [6.45, 7) is 6.65. The number of amides is 2. The second-order valence-corrected chi connectivity index (χ2v) is 6.74. The van der Waals surface area contributed by atoms with E-state index < -0.39 is 5.60 Å². The fourth-order valence-corrected chi connectivity index (χ4v) is 2.56. The van der Waals surface area contributed by atoms with Gasteiger partial charge >= 0.3 is 6.03 Å². The van der Waals surface area contributed by atoms with Crippen LogP contribution in [0.2, 0.25) is 0 Å². The molecule has 2 N–H and O–H groups in total. The lowest BCUT2D eigenvalue weighted by Crippen LogP contribution is -2.46. The zero-order valence-electron chi connectivity index (χ0n) is 14.6. The van der Waals surface area contributed by atoms with Crippen LogP contribution in [0.15, 0.2) is 54.6 Å². The summed E-state index contributed by atoms with van der Waals surface area (Å²) in [5.41, 5.74) is 2.32. The van der Waals surface area contributed by atoms with E-state index in [4.69, 9.17) is 0 Å². The van der Waals surface area contributed by atoms with E-state index in [1.807, 2.05) is 61.5 Å². The van der Waals surface area contributed by atoms with Crippen molar-refractivity contribution < 1.29 is 9.90 Å². The number of hydrogen-bond donors (Lipinski definition) is 2. The Morgan fingerprint density at radius 3 is 2.33 bits per heavy atom. The maximum Gasteiger partial charge on any atom is 0.318 e. The summed E-state index contributed by atoms with van der Waals surface area (Å²) in [4.78, 5) is 14.3. The zero-order chi connectivity index (χ0) is 17.6. The number of carbonyl (C=O) groups is 1. The van der Waals surface area contributed by atoms with Gasteiger partial charge in [-0.3, -0.25) is 0 Å². The summed E-state index contributed by atoms with van der Waals surface area (Å²) >= 11 is 0. The van der Waals surface area contributed by atoms with Gasteiger partial charge in [0.05, 0.1) is 12.1 Å². The van der Waals surface area contributed by atoms with Crippen LogP contribution in [0.4, 0.5) is 4.79 Å². The van der Waals surface area contributed by atoms with Crippen LogP contribution in [0.1, 0.15) is 30.5 Å². The van der Waals surface area contributed by atoms with Crippen LogP contribution < -0.4 is 5.32 Å². The summed E-state index contributed by atoms with van der Waals surface area (Å²) < 4.78 is 0. The van der Waals surface area contributed by atoms with E-state index in [-0.39, 0.29) is 12.6 Å². The Morgan fingerprint density at radius 2 is 1.71 bits per heavy atom. The monoisotopic (exact) mass is 326 g/mol. The number of carbonyl (C=O) groups excluding carboxylic acids is 1. The summed E-state index contributed by atoms with van der Waals surface area (Å²) in [5.74, 6) is 0. The van der Waals surface area contributed by atoms with Gasteiger partial charge in [0.1, 0.15) is 0 Å². The molecule has 0 saturated carbocycles. The first-order valence-electron chi connectivity index (χ1n) is 8.19. The van der Waals surface area contributed by atoms with E-state index in [9.17, 15) is 9.90 Å². The minimum Gasteiger partial charge on any atom is -0.389 e. The van der Waals surface area contributed by atoms with Gasteiger partial charge in [0.25, 0.3) is 0 Å². The highest BCUT2D eigenvalue weighted by Crippen LogP contribution is 2.12. The Labute approximate surface area is 144 Å². The summed E-state index contributed by atoms with van der Waals surface area (Å²) in [7, 11) is 0. The fraction of sp³-hybridized carbons (Fsp3) is 0.350. The van der Waals surface area contributed by atoms with E-state index >= 15 is 0 Å². The molecular weight excluding hydrogens is 300 g/mol.